The molecule has 2 aromatic carbocycles. The summed E-state index contributed by atoms with van der Waals surface area (Å²) in [6, 6.07) is 18.4. The summed E-state index contributed by atoms with van der Waals surface area (Å²) in [7, 11) is 0. The van der Waals surface area contributed by atoms with E-state index in [1.165, 1.54) is 16.8 Å². The molecule has 1 fully saturated rings. The van der Waals surface area contributed by atoms with Gasteiger partial charge >= 0.3 is 12.1 Å². The van der Waals surface area contributed by atoms with Crippen LogP contribution in [0.5, 0.6) is 0 Å². The number of aliphatic hydroxyl groups is 1. The molecule has 1 aromatic heterocycles. The van der Waals surface area contributed by atoms with Crippen molar-refractivity contribution in [3.05, 3.63) is 89.0 Å². The van der Waals surface area contributed by atoms with Crippen LogP contribution in [0.15, 0.2) is 61.1 Å². The van der Waals surface area contributed by atoms with Crippen LogP contribution in [-0.2, 0) is 24.3 Å². The Morgan fingerprint density at radius 3 is 2.29 bits per heavy atom. The number of hydrogen-bond acceptors (Lipinski definition) is 5. The summed E-state index contributed by atoms with van der Waals surface area (Å²) in [5.41, 5.74) is 5.68. The first-order valence-corrected chi connectivity index (χ1v) is 12.2. The fraction of sp³-hybridized carbons (Fsp3) is 0.393. The van der Waals surface area contributed by atoms with Gasteiger partial charge in [0.05, 0.1) is 23.7 Å². The van der Waals surface area contributed by atoms with Crippen molar-refractivity contribution < 1.29 is 28.2 Å². The maximum Gasteiger partial charge on any atom is 0.490 e. The van der Waals surface area contributed by atoms with Crippen LogP contribution in [0.2, 0.25) is 0 Å². The van der Waals surface area contributed by atoms with Gasteiger partial charge in [0.2, 0.25) is 0 Å². The third-order valence-corrected chi connectivity index (χ3v) is 6.94. The molecule has 0 aliphatic carbocycles. The SMILES string of the molecule is Cc1ccccc1CC1(CO)CCN(Cc2cncn2Cc2ccc(C#N)cc2)CC1.O=C(O)C(F)(F)F. The molecule has 202 valence electrons. The Morgan fingerprint density at radius 2 is 1.74 bits per heavy atom. The molecule has 0 unspecified atom stereocenters. The minimum absolute atomic E-state index is 0.0225. The van der Waals surface area contributed by atoms with Crippen LogP contribution in [0.3, 0.4) is 0 Å². The number of aromatic nitrogens is 2. The molecule has 3 aromatic rings. The Hall–Kier alpha value is -3.68. The minimum Gasteiger partial charge on any atom is -0.475 e. The molecule has 0 radical (unpaired) electrons. The lowest BCUT2D eigenvalue weighted by atomic mass is 9.74. The Kier molecular flexibility index (Phi) is 9.66. The number of benzene rings is 2. The average molecular weight is 529 g/mol. The Balaban J connectivity index is 0.000000505. The lowest BCUT2D eigenvalue weighted by molar-refractivity contribution is -0.192. The van der Waals surface area contributed by atoms with E-state index >= 15 is 0 Å². The lowest BCUT2D eigenvalue weighted by Crippen LogP contribution is -2.43. The zero-order valence-corrected chi connectivity index (χ0v) is 21.2. The minimum atomic E-state index is -5.08. The number of carboxylic acids is 1. The molecule has 0 atom stereocenters. The van der Waals surface area contributed by atoms with Crippen molar-refractivity contribution in [2.45, 2.75) is 45.5 Å². The smallest absolute Gasteiger partial charge is 0.475 e. The molecule has 0 amide bonds. The van der Waals surface area contributed by atoms with Gasteiger partial charge in [0, 0.05) is 25.9 Å². The van der Waals surface area contributed by atoms with E-state index in [0.29, 0.717) is 5.56 Å². The Bertz CT molecular complexity index is 1240. The van der Waals surface area contributed by atoms with Crippen molar-refractivity contribution in [3.8, 4) is 6.07 Å². The molecule has 1 aliphatic rings. The third-order valence-electron chi connectivity index (χ3n) is 6.94. The fourth-order valence-electron chi connectivity index (χ4n) is 4.52. The van der Waals surface area contributed by atoms with E-state index in [-0.39, 0.29) is 12.0 Å². The number of nitrogens with zero attached hydrogens (tertiary/aromatic N) is 4. The van der Waals surface area contributed by atoms with Crippen molar-refractivity contribution in [2.75, 3.05) is 19.7 Å². The van der Waals surface area contributed by atoms with E-state index in [1.54, 1.807) is 0 Å². The number of nitriles is 1. The monoisotopic (exact) mass is 528 g/mol. The normalized spacial score (nSPS) is 15.3. The molecule has 10 heteroatoms. The maximum atomic E-state index is 10.6. The molecule has 2 heterocycles. The molecular weight excluding hydrogens is 497 g/mol. The first kappa shape index (κ1) is 28.9. The molecule has 0 spiro atoms. The van der Waals surface area contributed by atoms with Crippen molar-refractivity contribution in [1.82, 2.24) is 14.5 Å². The van der Waals surface area contributed by atoms with E-state index < -0.39 is 12.1 Å². The highest BCUT2D eigenvalue weighted by atomic mass is 19.4. The largest absolute Gasteiger partial charge is 0.490 e. The van der Waals surface area contributed by atoms with Crippen molar-refractivity contribution in [3.63, 3.8) is 0 Å². The standard InChI is InChI=1S/C26H30N4O.C2HF3O2/c1-21-4-2-3-5-24(21)14-26(19-31)10-12-29(13-11-26)18-25-16-28-20-30(25)17-23-8-6-22(15-27)7-9-23;3-2(4,5)1(6)7/h2-9,16,20,31H,10-14,17-19H2,1H3;(H,6,7). The number of carbonyl (C=O) groups is 1. The summed E-state index contributed by atoms with van der Waals surface area (Å²) < 4.78 is 33.9. The highest BCUT2D eigenvalue weighted by Crippen LogP contribution is 2.36. The number of carboxylic acid groups (broad SMARTS) is 1. The molecule has 0 saturated carbocycles. The first-order valence-electron chi connectivity index (χ1n) is 12.2. The van der Waals surface area contributed by atoms with E-state index in [9.17, 15) is 18.3 Å². The van der Waals surface area contributed by atoms with Crippen LogP contribution in [0.4, 0.5) is 13.2 Å². The predicted octanol–water partition coefficient (Wildman–Crippen LogP) is 4.56. The molecular formula is C28H31F3N4O3. The van der Waals surface area contributed by atoms with Gasteiger partial charge in [0.1, 0.15) is 0 Å². The molecule has 1 aliphatic heterocycles. The number of aliphatic hydroxyl groups excluding tert-OH is 1. The number of imidazole rings is 1. The number of hydrogen-bond donors (Lipinski definition) is 2. The van der Waals surface area contributed by atoms with Crippen molar-refractivity contribution in [1.29, 1.82) is 5.26 Å². The number of aliphatic carboxylic acids is 1. The molecule has 0 bridgehead atoms. The zero-order chi connectivity index (χ0) is 27.8. The zero-order valence-electron chi connectivity index (χ0n) is 21.2. The number of rotatable bonds is 7. The molecule has 2 N–H and O–H groups in total. The summed E-state index contributed by atoms with van der Waals surface area (Å²) in [6.45, 7) is 5.98. The third kappa shape index (κ3) is 7.91. The lowest BCUT2D eigenvalue weighted by Gasteiger charge is -2.41. The summed E-state index contributed by atoms with van der Waals surface area (Å²) in [6.07, 6.45) is 1.70. The summed E-state index contributed by atoms with van der Waals surface area (Å²) in [5.74, 6) is -2.76. The van der Waals surface area contributed by atoms with Crippen LogP contribution >= 0.6 is 0 Å². The van der Waals surface area contributed by atoms with Crippen LogP contribution in [0.1, 0.15) is 40.8 Å². The highest BCUT2D eigenvalue weighted by molar-refractivity contribution is 5.73. The second-order valence-corrected chi connectivity index (χ2v) is 9.66. The molecule has 4 rings (SSSR count). The van der Waals surface area contributed by atoms with E-state index in [2.05, 4.69) is 51.7 Å². The maximum absolute atomic E-state index is 10.6. The quantitative estimate of drug-likeness (QED) is 0.466. The van der Waals surface area contributed by atoms with Gasteiger partial charge < -0.3 is 14.8 Å². The second kappa shape index (κ2) is 12.7. The molecule has 7 nitrogen and oxygen atoms in total. The van der Waals surface area contributed by atoms with Crippen LogP contribution < -0.4 is 0 Å². The van der Waals surface area contributed by atoms with Gasteiger partial charge in [-0.3, -0.25) is 4.90 Å². The fourth-order valence-corrected chi connectivity index (χ4v) is 4.52. The van der Waals surface area contributed by atoms with Gasteiger partial charge in [0.25, 0.3) is 0 Å². The number of aryl methyl sites for hydroxylation is 1. The second-order valence-electron chi connectivity index (χ2n) is 9.66. The summed E-state index contributed by atoms with van der Waals surface area (Å²) in [4.78, 5) is 15.7. The van der Waals surface area contributed by atoms with Crippen LogP contribution in [0, 0.1) is 23.7 Å². The number of piperidine rings is 1. The van der Waals surface area contributed by atoms with Crippen LogP contribution in [0.25, 0.3) is 0 Å². The summed E-state index contributed by atoms with van der Waals surface area (Å²) >= 11 is 0. The molecule has 1 saturated heterocycles. The first-order chi connectivity index (χ1) is 18.0. The Labute approximate surface area is 219 Å². The van der Waals surface area contributed by atoms with E-state index in [4.69, 9.17) is 15.2 Å². The number of alkyl halides is 3. The van der Waals surface area contributed by atoms with Gasteiger partial charge in [-0.1, -0.05) is 36.4 Å². The van der Waals surface area contributed by atoms with Crippen molar-refractivity contribution in [2.24, 2.45) is 5.41 Å². The van der Waals surface area contributed by atoms with Gasteiger partial charge in [-0.25, -0.2) is 9.78 Å². The van der Waals surface area contributed by atoms with Gasteiger partial charge in [-0.05, 0) is 73.5 Å². The van der Waals surface area contributed by atoms with Crippen LogP contribution in [-0.4, -0.2) is 56.5 Å². The topological polar surface area (TPSA) is 102 Å². The number of halogens is 3. The highest BCUT2D eigenvalue weighted by Gasteiger charge is 2.38. The van der Waals surface area contributed by atoms with Gasteiger partial charge in [-0.15, -0.1) is 0 Å². The van der Waals surface area contributed by atoms with E-state index in [1.807, 2.05) is 36.8 Å². The Morgan fingerprint density at radius 1 is 1.11 bits per heavy atom. The summed E-state index contributed by atoms with van der Waals surface area (Å²) in [5, 5.41) is 26.3. The van der Waals surface area contributed by atoms with Crippen molar-refractivity contribution >= 4 is 5.97 Å². The molecule has 38 heavy (non-hydrogen) atoms. The number of likely N-dealkylation sites (tertiary alicyclic amines) is 1. The van der Waals surface area contributed by atoms with Gasteiger partial charge in [-0.2, -0.15) is 18.4 Å². The van der Waals surface area contributed by atoms with Gasteiger partial charge in [0.15, 0.2) is 0 Å². The van der Waals surface area contributed by atoms with E-state index in [0.717, 1.165) is 51.0 Å². The average Bonchev–Trinajstić information content (AvgIpc) is 3.33. The predicted molar refractivity (Wildman–Crippen MR) is 135 cm³/mol.